The number of piperidine rings is 1. The molecule has 0 aliphatic carbocycles. The molecule has 0 unspecified atom stereocenters. The van der Waals surface area contributed by atoms with Crippen molar-refractivity contribution >= 4 is 5.97 Å². The first-order valence-electron chi connectivity index (χ1n) is 10.2. The number of rotatable bonds is 10. The maximum Gasteiger partial charge on any atom is 0.304 e. The van der Waals surface area contributed by atoms with Crippen molar-refractivity contribution in [1.29, 1.82) is 0 Å². The van der Waals surface area contributed by atoms with Crippen LogP contribution in [0.4, 0.5) is 4.39 Å². The predicted octanol–water partition coefficient (Wildman–Crippen LogP) is 4.15. The number of unbranched alkanes of at least 4 members (excludes halogenated alkanes) is 3. The topological polar surface area (TPSA) is 59.0 Å². The van der Waals surface area contributed by atoms with Crippen LogP contribution in [0.2, 0.25) is 0 Å². The van der Waals surface area contributed by atoms with E-state index < -0.39 is 11.8 Å². The van der Waals surface area contributed by atoms with E-state index in [0.29, 0.717) is 25.5 Å². The van der Waals surface area contributed by atoms with Gasteiger partial charge in [0.05, 0.1) is 19.6 Å². The SMILES string of the molecule is C=CCCCCCOc1ccc2c(c1F)OCC21CCN(CCC(=O)O)CC1. The van der Waals surface area contributed by atoms with E-state index >= 15 is 0 Å². The molecule has 154 valence electrons. The molecule has 6 heteroatoms. The number of hydrogen-bond acceptors (Lipinski definition) is 4. The Bertz CT molecular complexity index is 698. The Labute approximate surface area is 166 Å². The Hall–Kier alpha value is -2.08. The van der Waals surface area contributed by atoms with E-state index in [9.17, 15) is 9.18 Å². The summed E-state index contributed by atoms with van der Waals surface area (Å²) in [6, 6.07) is 3.68. The number of hydrogen-bond donors (Lipinski definition) is 1. The zero-order valence-electron chi connectivity index (χ0n) is 16.4. The van der Waals surface area contributed by atoms with Crippen LogP contribution in [0.3, 0.4) is 0 Å². The van der Waals surface area contributed by atoms with Gasteiger partial charge in [0.25, 0.3) is 0 Å². The fraction of sp³-hybridized carbons (Fsp3) is 0.591. The van der Waals surface area contributed by atoms with Crippen molar-refractivity contribution in [2.24, 2.45) is 0 Å². The minimum Gasteiger partial charge on any atom is -0.490 e. The summed E-state index contributed by atoms with van der Waals surface area (Å²) in [4.78, 5) is 12.9. The quantitative estimate of drug-likeness (QED) is 0.480. The summed E-state index contributed by atoms with van der Waals surface area (Å²) in [6.45, 7) is 6.86. The third-order valence-electron chi connectivity index (χ3n) is 5.89. The maximum atomic E-state index is 14.9. The van der Waals surface area contributed by atoms with Crippen LogP contribution < -0.4 is 9.47 Å². The lowest BCUT2D eigenvalue weighted by molar-refractivity contribution is -0.137. The molecular weight excluding hydrogens is 361 g/mol. The number of allylic oxidation sites excluding steroid dienone is 1. The van der Waals surface area contributed by atoms with E-state index in [-0.39, 0.29) is 17.6 Å². The van der Waals surface area contributed by atoms with Crippen LogP contribution in [0.5, 0.6) is 11.5 Å². The van der Waals surface area contributed by atoms with Crippen molar-refractivity contribution < 1.29 is 23.8 Å². The Balaban J connectivity index is 1.57. The number of carboxylic acid groups (broad SMARTS) is 1. The normalized spacial score (nSPS) is 17.9. The van der Waals surface area contributed by atoms with E-state index in [1.54, 1.807) is 6.07 Å². The zero-order chi connectivity index (χ0) is 20.0. The van der Waals surface area contributed by atoms with Crippen LogP contribution >= 0.6 is 0 Å². The fourth-order valence-corrected chi connectivity index (χ4v) is 4.12. The number of halogens is 1. The molecule has 2 aliphatic heterocycles. The van der Waals surface area contributed by atoms with Gasteiger partial charge in [-0.15, -0.1) is 6.58 Å². The van der Waals surface area contributed by atoms with E-state index in [4.69, 9.17) is 14.6 Å². The highest BCUT2D eigenvalue weighted by atomic mass is 19.1. The van der Waals surface area contributed by atoms with Crippen molar-refractivity contribution in [2.45, 2.75) is 50.4 Å². The Morgan fingerprint density at radius 1 is 1.32 bits per heavy atom. The highest BCUT2D eigenvalue weighted by Gasteiger charge is 2.44. The van der Waals surface area contributed by atoms with Gasteiger partial charge in [-0.25, -0.2) is 0 Å². The number of likely N-dealkylation sites (tertiary alicyclic amines) is 1. The minimum atomic E-state index is -0.773. The van der Waals surface area contributed by atoms with Crippen LogP contribution in [-0.4, -0.2) is 48.8 Å². The summed E-state index contributed by atoms with van der Waals surface area (Å²) in [5, 5.41) is 8.85. The number of fused-ring (bicyclic) bond motifs is 2. The molecule has 2 heterocycles. The second kappa shape index (κ2) is 9.41. The molecule has 28 heavy (non-hydrogen) atoms. The number of carboxylic acids is 1. The summed E-state index contributed by atoms with van der Waals surface area (Å²) in [7, 11) is 0. The molecule has 0 bridgehead atoms. The second-order valence-electron chi connectivity index (χ2n) is 7.80. The van der Waals surface area contributed by atoms with E-state index in [0.717, 1.165) is 57.2 Å². The van der Waals surface area contributed by atoms with Crippen molar-refractivity contribution in [3.05, 3.63) is 36.2 Å². The molecule has 1 aromatic carbocycles. The monoisotopic (exact) mass is 391 g/mol. The first-order chi connectivity index (χ1) is 13.6. The largest absolute Gasteiger partial charge is 0.490 e. The second-order valence-corrected chi connectivity index (χ2v) is 7.80. The van der Waals surface area contributed by atoms with Crippen molar-refractivity contribution in [1.82, 2.24) is 4.90 Å². The molecule has 1 saturated heterocycles. The molecular formula is C22H30FNO4. The molecule has 0 amide bonds. The summed E-state index contributed by atoms with van der Waals surface area (Å²) >= 11 is 0. The van der Waals surface area contributed by atoms with Gasteiger partial charge in [0.2, 0.25) is 5.82 Å². The van der Waals surface area contributed by atoms with E-state index in [1.807, 2.05) is 12.1 Å². The van der Waals surface area contributed by atoms with Crippen LogP contribution in [-0.2, 0) is 10.2 Å². The first-order valence-corrected chi connectivity index (χ1v) is 10.2. The summed E-state index contributed by atoms with van der Waals surface area (Å²) in [6.07, 6.45) is 7.77. The third kappa shape index (κ3) is 4.66. The van der Waals surface area contributed by atoms with Gasteiger partial charge in [0.1, 0.15) is 0 Å². The van der Waals surface area contributed by atoms with Crippen LogP contribution in [0.15, 0.2) is 24.8 Å². The lowest BCUT2D eigenvalue weighted by Gasteiger charge is -2.38. The van der Waals surface area contributed by atoms with Gasteiger partial charge in [0, 0.05) is 17.5 Å². The number of ether oxygens (including phenoxy) is 2. The highest BCUT2D eigenvalue weighted by Crippen LogP contribution is 2.48. The molecule has 1 aromatic rings. The third-order valence-corrected chi connectivity index (χ3v) is 5.89. The molecule has 3 rings (SSSR count). The maximum absolute atomic E-state index is 14.9. The number of carbonyl (C=O) groups is 1. The molecule has 1 N–H and O–H groups in total. The summed E-state index contributed by atoms with van der Waals surface area (Å²) in [5.74, 6) is -0.569. The zero-order valence-corrected chi connectivity index (χ0v) is 16.4. The minimum absolute atomic E-state index is 0.156. The molecule has 5 nitrogen and oxygen atoms in total. The predicted molar refractivity (Wildman–Crippen MR) is 106 cm³/mol. The highest BCUT2D eigenvalue weighted by molar-refractivity contribution is 5.66. The van der Waals surface area contributed by atoms with E-state index in [2.05, 4.69) is 11.5 Å². The molecule has 0 atom stereocenters. The number of aliphatic carboxylic acids is 1. The van der Waals surface area contributed by atoms with Gasteiger partial charge in [-0.2, -0.15) is 4.39 Å². The number of benzene rings is 1. The summed E-state index contributed by atoms with van der Waals surface area (Å²) < 4.78 is 26.3. The lowest BCUT2D eigenvalue weighted by Crippen LogP contribution is -2.44. The Morgan fingerprint density at radius 3 is 2.82 bits per heavy atom. The van der Waals surface area contributed by atoms with Gasteiger partial charge < -0.3 is 19.5 Å². The average molecular weight is 391 g/mol. The van der Waals surface area contributed by atoms with Crippen LogP contribution in [0.25, 0.3) is 0 Å². The smallest absolute Gasteiger partial charge is 0.304 e. The van der Waals surface area contributed by atoms with Crippen molar-refractivity contribution in [2.75, 3.05) is 32.8 Å². The average Bonchev–Trinajstić information content (AvgIpc) is 3.04. The molecule has 1 spiro atoms. The fourth-order valence-electron chi connectivity index (χ4n) is 4.12. The molecule has 0 aromatic heterocycles. The molecule has 1 fully saturated rings. The Kier molecular flexibility index (Phi) is 6.94. The van der Waals surface area contributed by atoms with E-state index in [1.165, 1.54) is 0 Å². The van der Waals surface area contributed by atoms with Crippen molar-refractivity contribution in [3.8, 4) is 11.5 Å². The van der Waals surface area contributed by atoms with Crippen LogP contribution in [0.1, 0.15) is 50.5 Å². The van der Waals surface area contributed by atoms with Crippen molar-refractivity contribution in [3.63, 3.8) is 0 Å². The first kappa shape index (κ1) is 20.6. The molecule has 2 aliphatic rings. The van der Waals surface area contributed by atoms with Gasteiger partial charge in [-0.1, -0.05) is 12.1 Å². The van der Waals surface area contributed by atoms with Crippen LogP contribution in [0, 0.1) is 5.82 Å². The summed E-state index contributed by atoms with van der Waals surface area (Å²) in [5.41, 5.74) is 0.764. The van der Waals surface area contributed by atoms with Gasteiger partial charge >= 0.3 is 5.97 Å². The Morgan fingerprint density at radius 2 is 2.11 bits per heavy atom. The molecule has 0 radical (unpaired) electrons. The van der Waals surface area contributed by atoms with Gasteiger partial charge in [0.15, 0.2) is 11.5 Å². The van der Waals surface area contributed by atoms with Gasteiger partial charge in [-0.3, -0.25) is 4.79 Å². The lowest BCUT2D eigenvalue weighted by atomic mass is 9.74. The standard InChI is InChI=1S/C22H30FNO4/c1-2-3-4-5-6-15-27-18-8-7-17-21(20(18)23)28-16-22(17)10-13-24(14-11-22)12-9-19(25)26/h2,7-8H,1,3-6,9-16H2,(H,25,26). The number of nitrogens with zero attached hydrogens (tertiary/aromatic N) is 1. The van der Waals surface area contributed by atoms with Gasteiger partial charge in [-0.05, 0) is 57.7 Å². The molecule has 0 saturated carbocycles.